The summed E-state index contributed by atoms with van der Waals surface area (Å²) in [6.07, 6.45) is 8.17. The highest BCUT2D eigenvalue weighted by molar-refractivity contribution is 5.98. The minimum atomic E-state index is -0.168. The molecule has 0 unspecified atom stereocenters. The highest BCUT2D eigenvalue weighted by Gasteiger charge is 2.27. The summed E-state index contributed by atoms with van der Waals surface area (Å²) in [5, 5.41) is 4.04. The van der Waals surface area contributed by atoms with Crippen LogP contribution in [-0.4, -0.2) is 67.4 Å². The molecule has 1 N–H and O–H groups in total. The highest BCUT2D eigenvalue weighted by atomic mass is 16.5. The van der Waals surface area contributed by atoms with E-state index < -0.39 is 0 Å². The Morgan fingerprint density at radius 1 is 1.12 bits per heavy atom. The van der Waals surface area contributed by atoms with Crippen LogP contribution in [0.15, 0.2) is 24.3 Å². The zero-order chi connectivity index (χ0) is 23.9. The summed E-state index contributed by atoms with van der Waals surface area (Å²) >= 11 is 0. The first-order valence-electron chi connectivity index (χ1n) is 12.8. The number of methoxy groups -OCH3 is 1. The van der Waals surface area contributed by atoms with Gasteiger partial charge < -0.3 is 19.5 Å². The molecule has 0 spiro atoms. The van der Waals surface area contributed by atoms with Crippen LogP contribution >= 0.6 is 0 Å². The average Bonchev–Trinajstić information content (AvgIpc) is 3.15. The third-order valence-electron chi connectivity index (χ3n) is 6.92. The first-order valence-corrected chi connectivity index (χ1v) is 12.8. The zero-order valence-corrected chi connectivity index (χ0v) is 20.8. The topological polar surface area (TPSA) is 72.9 Å². The maximum Gasteiger partial charge on any atom is 0.270 e. The van der Waals surface area contributed by atoms with Crippen LogP contribution in [0.4, 0.5) is 0 Å². The molecule has 7 heteroatoms. The van der Waals surface area contributed by atoms with Crippen molar-refractivity contribution in [2.75, 3.05) is 33.4 Å². The van der Waals surface area contributed by atoms with Gasteiger partial charge in [0.2, 0.25) is 0 Å². The van der Waals surface area contributed by atoms with Crippen molar-refractivity contribution in [3.8, 4) is 11.5 Å². The van der Waals surface area contributed by atoms with Gasteiger partial charge in [0.15, 0.2) is 0 Å². The van der Waals surface area contributed by atoms with Gasteiger partial charge in [0, 0.05) is 43.7 Å². The Morgan fingerprint density at radius 2 is 1.91 bits per heavy atom. The van der Waals surface area contributed by atoms with Crippen LogP contribution in [0.1, 0.15) is 69.3 Å². The van der Waals surface area contributed by atoms with Crippen molar-refractivity contribution in [2.24, 2.45) is 0 Å². The zero-order valence-electron chi connectivity index (χ0n) is 20.8. The summed E-state index contributed by atoms with van der Waals surface area (Å²) in [7, 11) is 1.65. The second-order valence-electron chi connectivity index (χ2n) is 9.78. The van der Waals surface area contributed by atoms with Gasteiger partial charge in [0.1, 0.15) is 29.3 Å². The quantitative estimate of drug-likeness (QED) is 0.428. The minimum Gasteiger partial charge on any atom is -0.490 e. The molecule has 2 fully saturated rings. The molecule has 0 bridgehead atoms. The fourth-order valence-corrected chi connectivity index (χ4v) is 4.93. The summed E-state index contributed by atoms with van der Waals surface area (Å²) in [4.78, 5) is 20.4. The first-order chi connectivity index (χ1) is 16.5. The molecule has 2 aliphatic rings. The lowest BCUT2D eigenvalue weighted by Crippen LogP contribution is -2.38. The Labute approximate surface area is 203 Å². The summed E-state index contributed by atoms with van der Waals surface area (Å²) in [5.74, 6) is 1.19. The van der Waals surface area contributed by atoms with Crippen LogP contribution in [0.5, 0.6) is 11.5 Å². The highest BCUT2D eigenvalue weighted by Crippen LogP contribution is 2.34. The maximum absolute atomic E-state index is 13.2. The predicted octanol–water partition coefficient (Wildman–Crippen LogP) is 4.57. The van der Waals surface area contributed by atoms with Crippen molar-refractivity contribution >= 4 is 16.8 Å². The van der Waals surface area contributed by atoms with Gasteiger partial charge >= 0.3 is 0 Å². The molecule has 1 amide bonds. The fourth-order valence-electron chi connectivity index (χ4n) is 4.93. The van der Waals surface area contributed by atoms with Crippen molar-refractivity contribution in [1.82, 2.24) is 15.2 Å². The number of likely N-dealkylation sites (tertiary alicyclic amines) is 1. The summed E-state index contributed by atoms with van der Waals surface area (Å²) < 4.78 is 17.6. The molecule has 1 atom stereocenters. The van der Waals surface area contributed by atoms with Crippen molar-refractivity contribution in [2.45, 2.75) is 77.0 Å². The number of hydrogen-bond acceptors (Lipinski definition) is 6. The number of aromatic nitrogens is 1. The second kappa shape index (κ2) is 11.8. The van der Waals surface area contributed by atoms with Crippen LogP contribution in [0, 0.1) is 0 Å². The lowest BCUT2D eigenvalue weighted by molar-refractivity contribution is 0.0931. The summed E-state index contributed by atoms with van der Waals surface area (Å²) in [6, 6.07) is 8.26. The van der Waals surface area contributed by atoms with Crippen LogP contribution in [0.3, 0.4) is 0 Å². The molecule has 1 aromatic heterocycles. The van der Waals surface area contributed by atoms with Gasteiger partial charge in [-0.1, -0.05) is 18.9 Å². The number of carbonyl (C=O) groups excluding carboxylic acids is 1. The predicted molar refractivity (Wildman–Crippen MR) is 134 cm³/mol. The number of benzene rings is 1. The molecule has 186 valence electrons. The number of pyridine rings is 1. The second-order valence-corrected chi connectivity index (χ2v) is 9.78. The van der Waals surface area contributed by atoms with Crippen LogP contribution < -0.4 is 14.8 Å². The molecule has 34 heavy (non-hydrogen) atoms. The van der Waals surface area contributed by atoms with Crippen LogP contribution in [-0.2, 0) is 4.74 Å². The molecule has 1 aromatic carbocycles. The largest absolute Gasteiger partial charge is 0.490 e. The maximum atomic E-state index is 13.2. The number of hydrogen-bond donors (Lipinski definition) is 1. The van der Waals surface area contributed by atoms with Gasteiger partial charge in [-0.2, -0.15) is 0 Å². The molecule has 1 saturated carbocycles. The number of rotatable bonds is 9. The minimum absolute atomic E-state index is 0.128. The normalized spacial score (nSPS) is 19.9. The van der Waals surface area contributed by atoms with E-state index in [1.807, 2.05) is 18.2 Å². The molecule has 1 aliphatic heterocycles. The van der Waals surface area contributed by atoms with Crippen molar-refractivity contribution in [3.05, 3.63) is 30.0 Å². The van der Waals surface area contributed by atoms with Gasteiger partial charge in [-0.15, -0.1) is 0 Å². The summed E-state index contributed by atoms with van der Waals surface area (Å²) in [6.45, 7) is 7.11. The smallest absolute Gasteiger partial charge is 0.270 e. The van der Waals surface area contributed by atoms with Crippen molar-refractivity contribution in [3.63, 3.8) is 0 Å². The van der Waals surface area contributed by atoms with Gasteiger partial charge in [-0.3, -0.25) is 9.69 Å². The van der Waals surface area contributed by atoms with E-state index in [9.17, 15) is 4.79 Å². The van der Waals surface area contributed by atoms with E-state index in [1.165, 1.54) is 25.7 Å². The average molecular weight is 470 g/mol. The Morgan fingerprint density at radius 3 is 2.62 bits per heavy atom. The number of carbonyl (C=O) groups is 1. The number of para-hydroxylation sites is 1. The fraction of sp³-hybridized carbons (Fsp3) is 0.630. The van der Waals surface area contributed by atoms with E-state index in [4.69, 9.17) is 19.2 Å². The van der Waals surface area contributed by atoms with Crippen LogP contribution in [0.2, 0.25) is 0 Å². The standard InChI is InChI=1S/C27H39N3O4/c1-19(2)30-14-13-20(18-30)28-27(31)23-17-25(33-16-15-32-3)22-11-8-12-24(26(22)29-23)34-21-9-6-4-5-7-10-21/h8,11-12,17,19-21H,4-7,9-10,13-16,18H2,1-3H3,(H,28,31)/t20-/m0/s1. The molecule has 0 radical (unpaired) electrons. The monoisotopic (exact) mass is 469 g/mol. The van der Waals surface area contributed by atoms with E-state index >= 15 is 0 Å². The number of nitrogens with zero attached hydrogens (tertiary/aromatic N) is 2. The third-order valence-corrected chi connectivity index (χ3v) is 6.92. The Kier molecular flexibility index (Phi) is 8.62. The van der Waals surface area contributed by atoms with E-state index in [-0.39, 0.29) is 18.1 Å². The Balaban J connectivity index is 1.60. The molecule has 2 aromatic rings. The molecule has 1 aliphatic carbocycles. The Hall–Kier alpha value is -2.38. The van der Waals surface area contributed by atoms with Crippen molar-refractivity contribution in [1.29, 1.82) is 0 Å². The SMILES string of the molecule is COCCOc1cc(C(=O)N[C@H]2CCN(C(C)C)C2)nc2c(OC3CCCCCC3)cccc12. The van der Waals surface area contributed by atoms with E-state index in [0.717, 1.165) is 43.5 Å². The number of amides is 1. The van der Waals surface area contributed by atoms with Gasteiger partial charge in [-0.05, 0) is 58.1 Å². The van der Waals surface area contributed by atoms with Gasteiger partial charge in [0.25, 0.3) is 5.91 Å². The molecule has 4 rings (SSSR count). The van der Waals surface area contributed by atoms with Crippen LogP contribution in [0.25, 0.3) is 10.9 Å². The number of ether oxygens (including phenoxy) is 3. The lowest BCUT2D eigenvalue weighted by atomic mass is 10.1. The lowest BCUT2D eigenvalue weighted by Gasteiger charge is -2.21. The molecule has 1 saturated heterocycles. The van der Waals surface area contributed by atoms with Gasteiger partial charge in [-0.25, -0.2) is 4.98 Å². The molecule has 2 heterocycles. The van der Waals surface area contributed by atoms with Gasteiger partial charge in [0.05, 0.1) is 12.7 Å². The molecular formula is C27H39N3O4. The number of fused-ring (bicyclic) bond motifs is 1. The number of nitrogens with one attached hydrogen (secondary N) is 1. The van der Waals surface area contributed by atoms with E-state index in [1.54, 1.807) is 13.2 Å². The van der Waals surface area contributed by atoms with E-state index in [2.05, 4.69) is 24.1 Å². The first kappa shape index (κ1) is 24.7. The molecular weight excluding hydrogens is 430 g/mol. The third kappa shape index (κ3) is 6.19. The van der Waals surface area contributed by atoms with Crippen molar-refractivity contribution < 1.29 is 19.0 Å². The Bertz CT molecular complexity index is 956. The molecule has 7 nitrogen and oxygen atoms in total. The van der Waals surface area contributed by atoms with E-state index in [0.29, 0.717) is 36.2 Å². The summed E-state index contributed by atoms with van der Waals surface area (Å²) in [5.41, 5.74) is 1.04.